The van der Waals surface area contributed by atoms with Gasteiger partial charge in [-0.15, -0.1) is 0 Å². The molecule has 6 heteroatoms. The predicted octanol–water partition coefficient (Wildman–Crippen LogP) is 4.05. The Balaban J connectivity index is 1.86. The summed E-state index contributed by atoms with van der Waals surface area (Å²) in [5.74, 6) is -0.508. The van der Waals surface area contributed by atoms with Gasteiger partial charge >= 0.3 is 5.97 Å². The van der Waals surface area contributed by atoms with Crippen LogP contribution in [0.5, 0.6) is 11.5 Å². The van der Waals surface area contributed by atoms with Crippen LogP contribution < -0.4 is 9.47 Å². The van der Waals surface area contributed by atoms with Gasteiger partial charge in [-0.2, -0.15) is 5.26 Å². The van der Waals surface area contributed by atoms with Crippen LogP contribution in [-0.4, -0.2) is 16.1 Å². The minimum Gasteiger partial charge on any atom is -0.489 e. The summed E-state index contributed by atoms with van der Waals surface area (Å²) in [6.07, 6.45) is 2.11. The molecule has 0 saturated carbocycles. The summed E-state index contributed by atoms with van der Waals surface area (Å²) in [6.45, 7) is 2.13. The number of nitrogens with zero attached hydrogens (tertiary/aromatic N) is 2. The summed E-state index contributed by atoms with van der Waals surface area (Å²) in [4.78, 5) is 15.8. The van der Waals surface area contributed by atoms with Gasteiger partial charge in [0, 0.05) is 24.0 Å². The normalized spacial score (nSPS) is 11.3. The van der Waals surface area contributed by atoms with E-state index in [2.05, 4.69) is 4.98 Å². The molecule has 0 unspecified atom stereocenters. The van der Waals surface area contributed by atoms with E-state index in [1.807, 2.05) is 37.3 Å². The van der Waals surface area contributed by atoms with Gasteiger partial charge in [0.1, 0.15) is 24.2 Å². The summed E-state index contributed by atoms with van der Waals surface area (Å²) < 4.78 is 11.5. The molecule has 0 fully saturated rings. The number of ether oxygens (including phenoxy) is 2. The van der Waals surface area contributed by atoms with Crippen molar-refractivity contribution in [2.75, 3.05) is 0 Å². The first kappa shape index (κ1) is 18.9. The van der Waals surface area contributed by atoms with Crippen LogP contribution in [0, 0.1) is 18.3 Å². The van der Waals surface area contributed by atoms with Gasteiger partial charge in [-0.05, 0) is 42.3 Å². The van der Waals surface area contributed by atoms with Gasteiger partial charge in [0.15, 0.2) is 0 Å². The third kappa shape index (κ3) is 4.46. The molecule has 0 aliphatic rings. The second-order valence-electron chi connectivity index (χ2n) is 6.11. The Morgan fingerprint density at radius 3 is 2.61 bits per heavy atom. The summed E-state index contributed by atoms with van der Waals surface area (Å²) in [5, 5.41) is 19.0. The summed E-state index contributed by atoms with van der Waals surface area (Å²) in [6, 6.07) is 17.5. The smallest absolute Gasteiger partial charge is 0.349 e. The lowest BCUT2D eigenvalue weighted by Gasteiger charge is -2.18. The van der Waals surface area contributed by atoms with E-state index >= 15 is 0 Å². The number of hydrogen-bond donors (Lipinski definition) is 1. The van der Waals surface area contributed by atoms with Crippen molar-refractivity contribution in [1.82, 2.24) is 4.98 Å². The number of pyridine rings is 1. The van der Waals surface area contributed by atoms with E-state index in [0.717, 1.165) is 11.1 Å². The monoisotopic (exact) mass is 374 g/mol. The van der Waals surface area contributed by atoms with Crippen molar-refractivity contribution in [1.29, 1.82) is 5.26 Å². The minimum atomic E-state index is -1.23. The number of hydrogen-bond acceptors (Lipinski definition) is 5. The van der Waals surface area contributed by atoms with Gasteiger partial charge < -0.3 is 14.6 Å². The zero-order valence-corrected chi connectivity index (χ0v) is 15.2. The van der Waals surface area contributed by atoms with Crippen LogP contribution in [0.3, 0.4) is 0 Å². The highest BCUT2D eigenvalue weighted by atomic mass is 16.5. The lowest BCUT2D eigenvalue weighted by Crippen LogP contribution is -2.19. The number of rotatable bonds is 7. The van der Waals surface area contributed by atoms with Gasteiger partial charge in [-0.25, -0.2) is 4.79 Å². The molecule has 1 aromatic heterocycles. The zero-order chi connectivity index (χ0) is 19.9. The van der Waals surface area contributed by atoms with Crippen LogP contribution in [0.15, 0.2) is 67.0 Å². The number of aryl methyl sites for hydroxylation is 1. The van der Waals surface area contributed by atoms with Crippen LogP contribution in [-0.2, 0) is 11.4 Å². The molecule has 1 atom stereocenters. The maximum Gasteiger partial charge on any atom is 0.349 e. The zero-order valence-electron chi connectivity index (χ0n) is 15.2. The molecule has 2 aromatic carbocycles. The molecule has 1 heterocycles. The summed E-state index contributed by atoms with van der Waals surface area (Å²) in [7, 11) is 0. The van der Waals surface area contributed by atoms with Crippen molar-refractivity contribution >= 4 is 5.97 Å². The molecule has 1 N–H and O–H groups in total. The highest BCUT2D eigenvalue weighted by Crippen LogP contribution is 2.30. The van der Waals surface area contributed by atoms with Gasteiger partial charge in [-0.3, -0.25) is 4.98 Å². The van der Waals surface area contributed by atoms with E-state index in [4.69, 9.17) is 9.47 Å². The standard InChI is InChI=1S/C22H18N2O4/c1-15-4-2-3-5-19(15)21(22(25)26)28-20-12-18(7-6-17(20)13-23)27-14-16-8-10-24-11-9-16/h2-12,21H,14H2,1H3,(H,25,26)/t21-/m0/s1. The first-order chi connectivity index (χ1) is 13.6. The van der Waals surface area contributed by atoms with E-state index < -0.39 is 12.1 Å². The number of carbonyl (C=O) groups is 1. The molecular formula is C22H18N2O4. The topological polar surface area (TPSA) is 92.4 Å². The Labute approximate surface area is 162 Å². The highest BCUT2D eigenvalue weighted by Gasteiger charge is 2.25. The van der Waals surface area contributed by atoms with Crippen molar-refractivity contribution in [2.24, 2.45) is 0 Å². The Bertz CT molecular complexity index is 1010. The van der Waals surface area contributed by atoms with Crippen LogP contribution in [0.1, 0.15) is 28.4 Å². The predicted molar refractivity (Wildman–Crippen MR) is 102 cm³/mol. The lowest BCUT2D eigenvalue weighted by atomic mass is 10.0. The van der Waals surface area contributed by atoms with Crippen LogP contribution in [0.4, 0.5) is 0 Å². The van der Waals surface area contributed by atoms with Crippen LogP contribution in [0.2, 0.25) is 0 Å². The number of aromatic nitrogens is 1. The first-order valence-corrected chi connectivity index (χ1v) is 8.59. The molecule has 0 spiro atoms. The summed E-state index contributed by atoms with van der Waals surface area (Å²) >= 11 is 0. The minimum absolute atomic E-state index is 0.158. The number of benzene rings is 2. The van der Waals surface area contributed by atoms with Crippen molar-refractivity contribution in [3.8, 4) is 17.6 Å². The van der Waals surface area contributed by atoms with E-state index in [-0.39, 0.29) is 11.3 Å². The molecule has 3 aromatic rings. The molecule has 140 valence electrons. The van der Waals surface area contributed by atoms with Crippen LogP contribution in [0.25, 0.3) is 0 Å². The second-order valence-corrected chi connectivity index (χ2v) is 6.11. The molecule has 0 aliphatic carbocycles. The third-order valence-electron chi connectivity index (χ3n) is 4.17. The van der Waals surface area contributed by atoms with Gasteiger partial charge in [0.05, 0.1) is 5.56 Å². The Morgan fingerprint density at radius 2 is 1.93 bits per heavy atom. The fraction of sp³-hybridized carbons (Fsp3) is 0.136. The Hall–Kier alpha value is -3.85. The summed E-state index contributed by atoms with van der Waals surface area (Å²) in [5.41, 5.74) is 2.49. The van der Waals surface area contributed by atoms with Crippen molar-refractivity contribution in [2.45, 2.75) is 19.6 Å². The van der Waals surface area contributed by atoms with Gasteiger partial charge in [0.2, 0.25) is 6.10 Å². The molecule has 0 radical (unpaired) electrons. The molecule has 0 aliphatic heterocycles. The lowest BCUT2D eigenvalue weighted by molar-refractivity contribution is -0.145. The molecule has 0 saturated heterocycles. The fourth-order valence-electron chi connectivity index (χ4n) is 2.68. The first-order valence-electron chi connectivity index (χ1n) is 8.59. The molecule has 28 heavy (non-hydrogen) atoms. The maximum absolute atomic E-state index is 11.8. The number of carboxylic acids is 1. The van der Waals surface area contributed by atoms with Crippen molar-refractivity contribution in [3.05, 3.63) is 89.2 Å². The fourth-order valence-corrected chi connectivity index (χ4v) is 2.68. The number of carboxylic acid groups (broad SMARTS) is 1. The third-order valence-corrected chi connectivity index (χ3v) is 4.17. The SMILES string of the molecule is Cc1ccccc1[C@H](Oc1cc(OCc2ccncc2)ccc1C#N)C(=O)O. The molecule has 6 nitrogen and oxygen atoms in total. The largest absolute Gasteiger partial charge is 0.489 e. The molecule has 0 amide bonds. The van der Waals surface area contributed by atoms with Gasteiger partial charge in [0.25, 0.3) is 0 Å². The number of nitriles is 1. The van der Waals surface area contributed by atoms with E-state index in [9.17, 15) is 15.2 Å². The average Bonchev–Trinajstić information content (AvgIpc) is 2.72. The highest BCUT2D eigenvalue weighted by molar-refractivity contribution is 5.75. The Kier molecular flexibility index (Phi) is 5.87. The van der Waals surface area contributed by atoms with Gasteiger partial charge in [-0.1, -0.05) is 24.3 Å². The second kappa shape index (κ2) is 8.69. The van der Waals surface area contributed by atoms with Crippen molar-refractivity contribution in [3.63, 3.8) is 0 Å². The van der Waals surface area contributed by atoms with E-state index in [0.29, 0.717) is 17.9 Å². The Morgan fingerprint density at radius 1 is 1.18 bits per heavy atom. The van der Waals surface area contributed by atoms with Crippen molar-refractivity contribution < 1.29 is 19.4 Å². The quantitative estimate of drug-likeness (QED) is 0.671. The maximum atomic E-state index is 11.8. The molecule has 3 rings (SSSR count). The average molecular weight is 374 g/mol. The molecule has 0 bridgehead atoms. The molecular weight excluding hydrogens is 356 g/mol. The number of aliphatic carboxylic acids is 1. The van der Waals surface area contributed by atoms with E-state index in [1.165, 1.54) is 6.07 Å². The van der Waals surface area contributed by atoms with E-state index in [1.54, 1.807) is 36.7 Å². The van der Waals surface area contributed by atoms with Crippen LogP contribution >= 0.6 is 0 Å².